The summed E-state index contributed by atoms with van der Waals surface area (Å²) in [6.45, 7) is 4.88. The van der Waals surface area contributed by atoms with Crippen molar-refractivity contribution in [3.05, 3.63) is 0 Å². The van der Waals surface area contributed by atoms with E-state index in [1.54, 1.807) is 0 Å². The van der Waals surface area contributed by atoms with E-state index in [1.165, 1.54) is 6.42 Å². The predicted octanol–water partition coefficient (Wildman–Crippen LogP) is 1.67. The molecule has 3 atom stereocenters. The van der Waals surface area contributed by atoms with Gasteiger partial charge in [-0.25, -0.2) is 0 Å². The maximum Gasteiger partial charge on any atom is 0.223 e. The lowest BCUT2D eigenvalue weighted by molar-refractivity contribution is -0.125. The minimum atomic E-state index is 0.159. The summed E-state index contributed by atoms with van der Waals surface area (Å²) in [5.74, 6) is 1.00. The van der Waals surface area contributed by atoms with Gasteiger partial charge in [-0.3, -0.25) is 4.79 Å². The Balaban J connectivity index is 2.27. The van der Waals surface area contributed by atoms with Gasteiger partial charge >= 0.3 is 0 Å². The Hall–Kier alpha value is -0.570. The molecule has 0 aromatic rings. The van der Waals surface area contributed by atoms with Crippen molar-refractivity contribution < 1.29 is 4.79 Å². The van der Waals surface area contributed by atoms with Crippen LogP contribution in [0, 0.1) is 11.8 Å². The molecule has 0 aromatic heterocycles. The summed E-state index contributed by atoms with van der Waals surface area (Å²) in [5, 5.41) is 3.13. The van der Waals surface area contributed by atoms with Crippen LogP contribution in [0.4, 0.5) is 0 Å². The average Bonchev–Trinajstić information content (AvgIpc) is 2.66. The first kappa shape index (κ1) is 12.5. The Bertz CT molecular complexity index is 206. The van der Waals surface area contributed by atoms with Gasteiger partial charge in [-0.05, 0) is 38.1 Å². The zero-order chi connectivity index (χ0) is 11.3. The molecule has 0 bridgehead atoms. The fourth-order valence-corrected chi connectivity index (χ4v) is 2.33. The highest BCUT2D eigenvalue weighted by Gasteiger charge is 2.25. The van der Waals surface area contributed by atoms with Crippen molar-refractivity contribution in [2.24, 2.45) is 17.6 Å². The van der Waals surface area contributed by atoms with Crippen LogP contribution >= 0.6 is 0 Å². The molecule has 0 heterocycles. The molecule has 0 spiro atoms. The topological polar surface area (TPSA) is 55.1 Å². The molecule has 15 heavy (non-hydrogen) atoms. The highest BCUT2D eigenvalue weighted by Crippen LogP contribution is 2.24. The third-order valence-corrected chi connectivity index (χ3v) is 3.39. The Morgan fingerprint density at radius 2 is 2.27 bits per heavy atom. The molecular weight excluding hydrogens is 188 g/mol. The van der Waals surface area contributed by atoms with E-state index in [9.17, 15) is 4.79 Å². The van der Waals surface area contributed by atoms with Gasteiger partial charge < -0.3 is 11.1 Å². The van der Waals surface area contributed by atoms with E-state index in [2.05, 4.69) is 12.2 Å². The lowest BCUT2D eigenvalue weighted by atomic mass is 10.0. The minimum absolute atomic E-state index is 0.159. The van der Waals surface area contributed by atoms with Crippen molar-refractivity contribution in [2.75, 3.05) is 6.54 Å². The number of amides is 1. The molecule has 1 unspecified atom stereocenters. The summed E-state index contributed by atoms with van der Waals surface area (Å²) in [6, 6.07) is 0.380. The van der Waals surface area contributed by atoms with Crippen LogP contribution in [0.15, 0.2) is 0 Å². The molecule has 0 saturated heterocycles. The fraction of sp³-hybridized carbons (Fsp3) is 0.917. The SMILES string of the molecule is CCCC(C)C(=O)N[C@@H]1CC[C@H](CN)C1. The van der Waals surface area contributed by atoms with Crippen LogP contribution in [-0.4, -0.2) is 18.5 Å². The summed E-state index contributed by atoms with van der Waals surface area (Å²) in [4.78, 5) is 11.7. The van der Waals surface area contributed by atoms with E-state index in [-0.39, 0.29) is 11.8 Å². The second-order valence-electron chi connectivity index (χ2n) is 4.81. The molecule has 0 radical (unpaired) electrons. The van der Waals surface area contributed by atoms with Gasteiger partial charge in [0, 0.05) is 12.0 Å². The van der Waals surface area contributed by atoms with Gasteiger partial charge in [-0.15, -0.1) is 0 Å². The third-order valence-electron chi connectivity index (χ3n) is 3.39. The summed E-state index contributed by atoms with van der Waals surface area (Å²) < 4.78 is 0. The molecule has 1 aliphatic carbocycles. The highest BCUT2D eigenvalue weighted by molar-refractivity contribution is 5.78. The lowest BCUT2D eigenvalue weighted by Crippen LogP contribution is -2.36. The van der Waals surface area contributed by atoms with Crippen molar-refractivity contribution in [2.45, 2.75) is 52.0 Å². The normalized spacial score (nSPS) is 27.7. The van der Waals surface area contributed by atoms with E-state index in [0.29, 0.717) is 12.0 Å². The first-order valence-corrected chi connectivity index (χ1v) is 6.17. The van der Waals surface area contributed by atoms with Crippen LogP contribution in [0.25, 0.3) is 0 Å². The standard InChI is InChI=1S/C12H24N2O/c1-3-4-9(2)12(15)14-11-6-5-10(7-11)8-13/h9-11H,3-8,13H2,1-2H3,(H,14,15)/t9?,10-,11+/m0/s1. The van der Waals surface area contributed by atoms with Crippen molar-refractivity contribution in [3.8, 4) is 0 Å². The van der Waals surface area contributed by atoms with Crippen molar-refractivity contribution in [3.63, 3.8) is 0 Å². The van der Waals surface area contributed by atoms with Gasteiger partial charge in [0.05, 0.1) is 0 Å². The number of carbonyl (C=O) groups is 1. The van der Waals surface area contributed by atoms with Gasteiger partial charge in [0.2, 0.25) is 5.91 Å². The Morgan fingerprint density at radius 1 is 1.53 bits per heavy atom. The quantitative estimate of drug-likeness (QED) is 0.728. The van der Waals surface area contributed by atoms with Gasteiger partial charge in [-0.2, -0.15) is 0 Å². The molecule has 1 amide bonds. The number of hydrogen-bond donors (Lipinski definition) is 2. The van der Waals surface area contributed by atoms with Crippen LogP contribution in [0.2, 0.25) is 0 Å². The van der Waals surface area contributed by atoms with E-state index in [4.69, 9.17) is 5.73 Å². The second-order valence-corrected chi connectivity index (χ2v) is 4.81. The number of rotatable bonds is 5. The number of hydrogen-bond acceptors (Lipinski definition) is 2. The molecule has 1 saturated carbocycles. The summed E-state index contributed by atoms with van der Waals surface area (Å²) >= 11 is 0. The van der Waals surface area contributed by atoms with Crippen LogP contribution in [0.3, 0.4) is 0 Å². The minimum Gasteiger partial charge on any atom is -0.353 e. The van der Waals surface area contributed by atoms with Gasteiger partial charge in [0.15, 0.2) is 0 Å². The molecule has 3 heteroatoms. The molecule has 3 N–H and O–H groups in total. The second kappa shape index (κ2) is 6.11. The Kier molecular flexibility index (Phi) is 5.09. The predicted molar refractivity (Wildman–Crippen MR) is 62.4 cm³/mol. The van der Waals surface area contributed by atoms with E-state index < -0.39 is 0 Å². The van der Waals surface area contributed by atoms with E-state index in [1.807, 2.05) is 6.92 Å². The number of nitrogens with one attached hydrogen (secondary N) is 1. The lowest BCUT2D eigenvalue weighted by Gasteiger charge is -2.16. The smallest absolute Gasteiger partial charge is 0.223 e. The Labute approximate surface area is 92.8 Å². The molecule has 0 aliphatic heterocycles. The third kappa shape index (κ3) is 3.82. The van der Waals surface area contributed by atoms with Crippen LogP contribution in [-0.2, 0) is 4.79 Å². The van der Waals surface area contributed by atoms with Crippen LogP contribution in [0.5, 0.6) is 0 Å². The zero-order valence-corrected chi connectivity index (χ0v) is 9.96. The van der Waals surface area contributed by atoms with Crippen LogP contribution in [0.1, 0.15) is 46.0 Å². The average molecular weight is 212 g/mol. The maximum absolute atomic E-state index is 11.7. The highest BCUT2D eigenvalue weighted by atomic mass is 16.1. The first-order chi connectivity index (χ1) is 7.17. The molecule has 3 nitrogen and oxygen atoms in total. The molecule has 1 fully saturated rings. The van der Waals surface area contributed by atoms with Gasteiger partial charge in [0.25, 0.3) is 0 Å². The number of nitrogens with two attached hydrogens (primary N) is 1. The largest absolute Gasteiger partial charge is 0.353 e. The van der Waals surface area contributed by atoms with Crippen LogP contribution < -0.4 is 11.1 Å². The van der Waals surface area contributed by atoms with Crippen molar-refractivity contribution >= 4 is 5.91 Å². The first-order valence-electron chi connectivity index (χ1n) is 6.17. The summed E-state index contributed by atoms with van der Waals surface area (Å²) in [5.41, 5.74) is 5.62. The van der Waals surface area contributed by atoms with Gasteiger partial charge in [-0.1, -0.05) is 20.3 Å². The van der Waals surface area contributed by atoms with Crippen molar-refractivity contribution in [1.29, 1.82) is 0 Å². The zero-order valence-electron chi connectivity index (χ0n) is 9.96. The summed E-state index contributed by atoms with van der Waals surface area (Å²) in [7, 11) is 0. The molecular formula is C12H24N2O. The van der Waals surface area contributed by atoms with Gasteiger partial charge in [0.1, 0.15) is 0 Å². The molecule has 0 aromatic carbocycles. The fourth-order valence-electron chi connectivity index (χ4n) is 2.33. The molecule has 88 valence electrons. The molecule has 1 rings (SSSR count). The van der Waals surface area contributed by atoms with E-state index in [0.717, 1.165) is 32.2 Å². The Morgan fingerprint density at radius 3 is 2.80 bits per heavy atom. The number of carbonyl (C=O) groups excluding carboxylic acids is 1. The maximum atomic E-state index is 11.7. The molecule has 1 aliphatic rings. The van der Waals surface area contributed by atoms with Crippen molar-refractivity contribution in [1.82, 2.24) is 5.32 Å². The summed E-state index contributed by atoms with van der Waals surface area (Å²) in [6.07, 6.45) is 5.40. The monoisotopic (exact) mass is 212 g/mol. The van der Waals surface area contributed by atoms with E-state index >= 15 is 0 Å².